The van der Waals surface area contributed by atoms with E-state index in [4.69, 9.17) is 25.5 Å². The van der Waals surface area contributed by atoms with E-state index in [1.54, 1.807) is 38.3 Å². The summed E-state index contributed by atoms with van der Waals surface area (Å²) in [5, 5.41) is 8.28. The Morgan fingerprint density at radius 2 is 1.80 bits per heavy atom. The van der Waals surface area contributed by atoms with Crippen LogP contribution < -0.4 is 20.1 Å². The Morgan fingerprint density at radius 3 is 2.46 bits per heavy atom. The van der Waals surface area contributed by atoms with Crippen LogP contribution in [0.2, 0.25) is 5.02 Å². The lowest BCUT2D eigenvalue weighted by Gasteiger charge is -2.44. The standard InChI is InChI=1S/C27H30ClN3O4/c1-16-29-24-21(28)12-18-13-22(35-25(18)23(24)27(30-16)8-6-5-7-9-27)26(32)31(2)15-17-10-19(33-3)14-20(11-17)34-4/h10-14,29-30H,1,5-9,15H2,2-4H3. The van der Waals surface area contributed by atoms with Crippen LogP contribution in [0.15, 0.2) is 47.1 Å². The first-order valence-electron chi connectivity index (χ1n) is 11.8. The minimum Gasteiger partial charge on any atom is -0.497 e. The van der Waals surface area contributed by atoms with Gasteiger partial charge in [0.2, 0.25) is 0 Å². The number of rotatable bonds is 5. The van der Waals surface area contributed by atoms with E-state index in [9.17, 15) is 4.79 Å². The van der Waals surface area contributed by atoms with E-state index in [0.717, 1.165) is 53.7 Å². The molecule has 8 heteroatoms. The summed E-state index contributed by atoms with van der Waals surface area (Å²) in [6.07, 6.45) is 5.32. The van der Waals surface area contributed by atoms with Crippen molar-refractivity contribution in [1.82, 2.24) is 10.2 Å². The zero-order chi connectivity index (χ0) is 24.7. The number of nitrogens with zero attached hydrogens (tertiary/aromatic N) is 1. The summed E-state index contributed by atoms with van der Waals surface area (Å²) >= 11 is 6.71. The highest BCUT2D eigenvalue weighted by Gasteiger charge is 2.42. The van der Waals surface area contributed by atoms with Crippen molar-refractivity contribution in [3.63, 3.8) is 0 Å². The Hall–Kier alpha value is -3.32. The highest BCUT2D eigenvalue weighted by Crippen LogP contribution is 2.49. The highest BCUT2D eigenvalue weighted by molar-refractivity contribution is 6.34. The molecule has 5 rings (SSSR count). The molecule has 2 heterocycles. The van der Waals surface area contributed by atoms with Gasteiger partial charge in [0.05, 0.1) is 36.3 Å². The van der Waals surface area contributed by atoms with E-state index < -0.39 is 0 Å². The topological polar surface area (TPSA) is 76.0 Å². The van der Waals surface area contributed by atoms with Gasteiger partial charge in [-0.3, -0.25) is 4.79 Å². The Balaban J connectivity index is 1.51. The maximum Gasteiger partial charge on any atom is 0.289 e. The van der Waals surface area contributed by atoms with Gasteiger partial charge in [-0.05, 0) is 42.7 Å². The Kier molecular flexibility index (Phi) is 6.05. The number of methoxy groups -OCH3 is 2. The van der Waals surface area contributed by atoms with Crippen LogP contribution in [-0.2, 0) is 12.1 Å². The third-order valence-corrected chi connectivity index (χ3v) is 7.30. The van der Waals surface area contributed by atoms with Crippen molar-refractivity contribution >= 4 is 34.2 Å². The van der Waals surface area contributed by atoms with Gasteiger partial charge in [0, 0.05) is 30.6 Å². The van der Waals surface area contributed by atoms with Gasteiger partial charge in [-0.15, -0.1) is 0 Å². The number of hydrogen-bond acceptors (Lipinski definition) is 6. The summed E-state index contributed by atoms with van der Waals surface area (Å²) in [6.45, 7) is 4.49. The summed E-state index contributed by atoms with van der Waals surface area (Å²) in [5.74, 6) is 2.13. The summed E-state index contributed by atoms with van der Waals surface area (Å²) in [4.78, 5) is 15.0. The van der Waals surface area contributed by atoms with E-state index in [1.165, 1.54) is 6.42 Å². The minimum absolute atomic E-state index is 0.216. The average Bonchev–Trinajstić information content (AvgIpc) is 3.27. The van der Waals surface area contributed by atoms with Crippen LogP contribution in [-0.4, -0.2) is 32.1 Å². The summed E-state index contributed by atoms with van der Waals surface area (Å²) < 4.78 is 17.0. The van der Waals surface area contributed by atoms with Gasteiger partial charge in [-0.25, -0.2) is 0 Å². The fourth-order valence-electron chi connectivity index (χ4n) is 5.39. The first-order chi connectivity index (χ1) is 16.8. The number of hydrogen-bond donors (Lipinski definition) is 2. The molecule has 0 bridgehead atoms. The summed E-state index contributed by atoms with van der Waals surface area (Å²) in [6, 6.07) is 9.21. The van der Waals surface area contributed by atoms with Crippen LogP contribution in [0.1, 0.15) is 53.8 Å². The van der Waals surface area contributed by atoms with Gasteiger partial charge in [-0.1, -0.05) is 37.4 Å². The third-order valence-electron chi connectivity index (χ3n) is 7.00. The molecule has 2 aromatic carbocycles. The van der Waals surface area contributed by atoms with Crippen molar-refractivity contribution in [2.24, 2.45) is 0 Å². The number of nitrogens with one attached hydrogen (secondary N) is 2. The molecule has 0 radical (unpaired) electrons. The van der Waals surface area contributed by atoms with Gasteiger partial charge >= 0.3 is 0 Å². The van der Waals surface area contributed by atoms with Crippen molar-refractivity contribution in [3.05, 3.63) is 64.6 Å². The Bertz CT molecular complexity index is 1290. The molecule has 0 atom stereocenters. The van der Waals surface area contributed by atoms with Crippen LogP contribution in [0.5, 0.6) is 11.5 Å². The molecule has 1 aliphatic heterocycles. The Morgan fingerprint density at radius 1 is 1.11 bits per heavy atom. The number of ether oxygens (including phenoxy) is 2. The minimum atomic E-state index is -0.305. The van der Waals surface area contributed by atoms with Crippen LogP contribution in [0.4, 0.5) is 5.69 Å². The quantitative estimate of drug-likeness (QED) is 0.450. The smallest absolute Gasteiger partial charge is 0.289 e. The van der Waals surface area contributed by atoms with Crippen molar-refractivity contribution in [1.29, 1.82) is 0 Å². The molecule has 35 heavy (non-hydrogen) atoms. The van der Waals surface area contributed by atoms with Crippen LogP contribution in [0, 0.1) is 0 Å². The second kappa shape index (κ2) is 9.04. The van der Waals surface area contributed by atoms with E-state index in [1.807, 2.05) is 18.2 Å². The SMILES string of the molecule is C=C1Nc2c(Cl)cc3cc(C(=O)N(C)Cc4cc(OC)cc(OC)c4)oc3c2C2(CCCCC2)N1. The lowest BCUT2D eigenvalue weighted by atomic mass is 9.74. The molecule has 1 amide bonds. The van der Waals surface area contributed by atoms with Gasteiger partial charge in [0.1, 0.15) is 17.1 Å². The molecule has 1 aromatic heterocycles. The van der Waals surface area contributed by atoms with Gasteiger partial charge < -0.3 is 29.4 Å². The number of furan rings is 1. The van der Waals surface area contributed by atoms with Crippen LogP contribution >= 0.6 is 11.6 Å². The third kappa shape index (κ3) is 4.18. The molecular formula is C27H30ClN3O4. The predicted octanol–water partition coefficient (Wildman–Crippen LogP) is 6.02. The zero-order valence-electron chi connectivity index (χ0n) is 20.3. The van der Waals surface area contributed by atoms with Crippen molar-refractivity contribution in [3.8, 4) is 11.5 Å². The molecule has 0 saturated heterocycles. The number of carbonyl (C=O) groups excluding carboxylic acids is 1. The monoisotopic (exact) mass is 495 g/mol. The lowest BCUT2D eigenvalue weighted by molar-refractivity contribution is 0.0755. The summed E-state index contributed by atoms with van der Waals surface area (Å²) in [5.41, 5.74) is 3.09. The van der Waals surface area contributed by atoms with Crippen molar-refractivity contribution < 1.29 is 18.7 Å². The molecule has 3 aromatic rings. The molecule has 1 saturated carbocycles. The highest BCUT2D eigenvalue weighted by atomic mass is 35.5. The molecule has 2 N–H and O–H groups in total. The number of fused-ring (bicyclic) bond motifs is 4. The van der Waals surface area contributed by atoms with E-state index in [2.05, 4.69) is 17.2 Å². The first kappa shape index (κ1) is 23.4. The second-order valence-electron chi connectivity index (χ2n) is 9.39. The maximum absolute atomic E-state index is 13.4. The van der Waals surface area contributed by atoms with Crippen molar-refractivity contribution in [2.75, 3.05) is 26.6 Å². The number of halogens is 1. The molecule has 0 unspecified atom stereocenters. The number of anilines is 1. The van der Waals surface area contributed by atoms with E-state index >= 15 is 0 Å². The van der Waals surface area contributed by atoms with Crippen LogP contribution in [0.3, 0.4) is 0 Å². The number of benzene rings is 2. The van der Waals surface area contributed by atoms with E-state index in [0.29, 0.717) is 28.6 Å². The second-order valence-corrected chi connectivity index (χ2v) is 9.80. The maximum atomic E-state index is 13.4. The largest absolute Gasteiger partial charge is 0.497 e. The molecule has 1 aliphatic carbocycles. The van der Waals surface area contributed by atoms with Crippen molar-refractivity contribution in [2.45, 2.75) is 44.2 Å². The summed E-state index contributed by atoms with van der Waals surface area (Å²) in [7, 11) is 4.96. The van der Waals surface area contributed by atoms with Crippen LogP contribution in [0.25, 0.3) is 11.0 Å². The molecule has 1 spiro atoms. The molecule has 1 fully saturated rings. The zero-order valence-corrected chi connectivity index (χ0v) is 21.1. The Labute approximate surface area is 210 Å². The fraction of sp³-hybridized carbons (Fsp3) is 0.370. The molecular weight excluding hydrogens is 466 g/mol. The average molecular weight is 496 g/mol. The number of carbonyl (C=O) groups is 1. The fourth-order valence-corrected chi connectivity index (χ4v) is 5.65. The molecule has 7 nitrogen and oxygen atoms in total. The first-order valence-corrected chi connectivity index (χ1v) is 12.2. The molecule has 184 valence electrons. The van der Waals surface area contributed by atoms with Gasteiger partial charge in [0.15, 0.2) is 5.76 Å². The van der Waals surface area contributed by atoms with Gasteiger partial charge in [0.25, 0.3) is 5.91 Å². The lowest BCUT2D eigenvalue weighted by Crippen LogP contribution is -2.48. The molecule has 2 aliphatic rings. The van der Waals surface area contributed by atoms with Gasteiger partial charge in [-0.2, -0.15) is 0 Å². The normalized spacial score (nSPS) is 16.4. The van der Waals surface area contributed by atoms with E-state index in [-0.39, 0.29) is 17.2 Å². The number of amides is 1. The predicted molar refractivity (Wildman–Crippen MR) is 137 cm³/mol.